The number of ether oxygens (including phenoxy) is 1. The van der Waals surface area contributed by atoms with Crippen LogP contribution in [0.2, 0.25) is 0 Å². The number of esters is 1. The van der Waals surface area contributed by atoms with E-state index >= 15 is 0 Å². The van der Waals surface area contributed by atoms with E-state index in [1.165, 1.54) is 0 Å². The zero-order valence-electron chi connectivity index (χ0n) is 20.1. The van der Waals surface area contributed by atoms with Crippen molar-refractivity contribution in [3.63, 3.8) is 0 Å². The van der Waals surface area contributed by atoms with E-state index in [0.717, 1.165) is 12.0 Å². The van der Waals surface area contributed by atoms with Crippen LogP contribution in [-0.4, -0.2) is 70.1 Å². The van der Waals surface area contributed by atoms with Gasteiger partial charge < -0.3 is 14.5 Å². The van der Waals surface area contributed by atoms with Crippen LogP contribution in [0.25, 0.3) is 0 Å². The first-order chi connectivity index (χ1) is 16.2. The predicted molar refractivity (Wildman–Crippen MR) is 125 cm³/mol. The minimum Gasteiger partial charge on any atom is -0.466 e. The third-order valence-corrected chi connectivity index (χ3v) is 7.71. The van der Waals surface area contributed by atoms with Crippen molar-refractivity contribution in [2.75, 3.05) is 32.8 Å². The van der Waals surface area contributed by atoms with Crippen LogP contribution in [0.5, 0.6) is 0 Å². The number of carbonyl (C=O) groups is 3. The number of hydrogen-bond acceptors (Lipinski definition) is 5. The molecule has 1 aromatic heterocycles. The topological polar surface area (TPSA) is 84.7 Å². The number of nitrogens with zero attached hydrogens (tertiary/aromatic N) is 4. The molecule has 3 heterocycles. The number of likely N-dealkylation sites (tertiary alicyclic amines) is 2. The zero-order valence-corrected chi connectivity index (χ0v) is 20.1. The fraction of sp³-hybridized carbons (Fsp3) is 0.538. The fourth-order valence-electron chi connectivity index (χ4n) is 5.50. The van der Waals surface area contributed by atoms with Gasteiger partial charge in [-0.15, -0.1) is 0 Å². The lowest BCUT2D eigenvalue weighted by molar-refractivity contribution is -0.162. The second-order valence-electron chi connectivity index (χ2n) is 10.7. The number of benzene rings is 1. The highest BCUT2D eigenvalue weighted by Gasteiger charge is 2.62. The number of rotatable bonds is 6. The standard InChI is InChI=1S/C26H32N4O4/c1-4-34-24(33)21-14-28(15-26(21)16-29(17-26)23(32)20-10-25(20,2)3)22(31)19-11-27-30(13-19)12-18-8-6-5-7-9-18/h5-9,11,13,20-21H,4,10,12,14-17H2,1-3H3/t20-,21?/m1/s1. The Kier molecular flexibility index (Phi) is 5.49. The summed E-state index contributed by atoms with van der Waals surface area (Å²) in [6.45, 7) is 8.63. The summed E-state index contributed by atoms with van der Waals surface area (Å²) in [5.74, 6) is -0.604. The lowest BCUT2D eigenvalue weighted by Crippen LogP contribution is -2.63. The minimum atomic E-state index is -0.434. The van der Waals surface area contributed by atoms with Crippen LogP contribution < -0.4 is 0 Å². The van der Waals surface area contributed by atoms with Crippen LogP contribution in [0, 0.1) is 22.7 Å². The number of amides is 2. The molecular weight excluding hydrogens is 432 g/mol. The summed E-state index contributed by atoms with van der Waals surface area (Å²) < 4.78 is 7.10. The third-order valence-electron chi connectivity index (χ3n) is 7.71. The molecule has 0 bridgehead atoms. The molecule has 180 valence electrons. The van der Waals surface area contributed by atoms with E-state index in [2.05, 4.69) is 18.9 Å². The number of hydrogen-bond donors (Lipinski definition) is 0. The van der Waals surface area contributed by atoms with Crippen LogP contribution in [0.3, 0.4) is 0 Å². The largest absolute Gasteiger partial charge is 0.466 e. The van der Waals surface area contributed by atoms with Gasteiger partial charge in [-0.1, -0.05) is 44.2 Å². The zero-order chi connectivity index (χ0) is 24.1. The molecule has 3 fully saturated rings. The van der Waals surface area contributed by atoms with E-state index in [9.17, 15) is 14.4 Å². The van der Waals surface area contributed by atoms with Crippen LogP contribution >= 0.6 is 0 Å². The predicted octanol–water partition coefficient (Wildman–Crippen LogP) is 2.44. The van der Waals surface area contributed by atoms with E-state index in [1.54, 1.807) is 28.9 Å². The Hall–Kier alpha value is -3.16. The fourth-order valence-corrected chi connectivity index (χ4v) is 5.50. The van der Waals surface area contributed by atoms with Crippen molar-refractivity contribution in [1.82, 2.24) is 19.6 Å². The van der Waals surface area contributed by atoms with E-state index in [-0.39, 0.29) is 29.1 Å². The molecule has 1 aromatic carbocycles. The summed E-state index contributed by atoms with van der Waals surface area (Å²) >= 11 is 0. The molecular formula is C26H32N4O4. The maximum Gasteiger partial charge on any atom is 0.311 e. The molecule has 0 N–H and O–H groups in total. The smallest absolute Gasteiger partial charge is 0.311 e. The van der Waals surface area contributed by atoms with Gasteiger partial charge >= 0.3 is 5.97 Å². The van der Waals surface area contributed by atoms with Gasteiger partial charge in [0.15, 0.2) is 0 Å². The second-order valence-corrected chi connectivity index (χ2v) is 10.7. The lowest BCUT2D eigenvalue weighted by atomic mass is 9.71. The van der Waals surface area contributed by atoms with Crippen LogP contribution in [0.15, 0.2) is 42.7 Å². The van der Waals surface area contributed by atoms with Crippen LogP contribution in [0.4, 0.5) is 0 Å². The Morgan fingerprint density at radius 3 is 2.38 bits per heavy atom. The van der Waals surface area contributed by atoms with Crippen molar-refractivity contribution in [1.29, 1.82) is 0 Å². The lowest BCUT2D eigenvalue weighted by Gasteiger charge is -2.50. The van der Waals surface area contributed by atoms with Crippen molar-refractivity contribution >= 4 is 17.8 Å². The molecule has 1 saturated carbocycles. The summed E-state index contributed by atoms with van der Waals surface area (Å²) in [5.41, 5.74) is 1.24. The first-order valence-corrected chi connectivity index (χ1v) is 12.0. The minimum absolute atomic E-state index is 0.0674. The van der Waals surface area contributed by atoms with Gasteiger partial charge in [0.25, 0.3) is 5.91 Å². The molecule has 2 atom stereocenters. The highest BCUT2D eigenvalue weighted by atomic mass is 16.5. The average molecular weight is 465 g/mol. The Bertz CT molecular complexity index is 1100. The van der Waals surface area contributed by atoms with Crippen molar-refractivity contribution in [3.05, 3.63) is 53.9 Å². The van der Waals surface area contributed by atoms with Gasteiger partial charge in [-0.3, -0.25) is 19.1 Å². The quantitative estimate of drug-likeness (QED) is 0.613. The maximum absolute atomic E-state index is 13.3. The van der Waals surface area contributed by atoms with Crippen LogP contribution in [0.1, 0.15) is 43.1 Å². The summed E-state index contributed by atoms with van der Waals surface area (Å²) in [5, 5.41) is 4.36. The number of carbonyl (C=O) groups excluding carboxylic acids is 3. The normalized spacial score (nSPS) is 24.1. The summed E-state index contributed by atoms with van der Waals surface area (Å²) in [6, 6.07) is 9.95. The molecule has 1 aliphatic carbocycles. The Morgan fingerprint density at radius 2 is 1.74 bits per heavy atom. The summed E-state index contributed by atoms with van der Waals surface area (Å²) in [6.07, 6.45) is 4.25. The van der Waals surface area contributed by atoms with Crippen LogP contribution in [-0.2, 0) is 20.9 Å². The van der Waals surface area contributed by atoms with E-state index in [4.69, 9.17) is 4.74 Å². The molecule has 5 rings (SSSR count). The molecule has 2 aliphatic heterocycles. The summed E-state index contributed by atoms with van der Waals surface area (Å²) in [7, 11) is 0. The number of aromatic nitrogens is 2. The monoisotopic (exact) mass is 464 g/mol. The first-order valence-electron chi connectivity index (χ1n) is 12.0. The van der Waals surface area contributed by atoms with E-state index < -0.39 is 11.3 Å². The van der Waals surface area contributed by atoms with Crippen molar-refractivity contribution < 1.29 is 19.1 Å². The molecule has 8 heteroatoms. The Morgan fingerprint density at radius 1 is 1.06 bits per heavy atom. The first kappa shape index (κ1) is 22.6. The van der Waals surface area contributed by atoms with Gasteiger partial charge in [-0.25, -0.2) is 0 Å². The third kappa shape index (κ3) is 3.99. The summed E-state index contributed by atoms with van der Waals surface area (Å²) in [4.78, 5) is 42.6. The van der Waals surface area contributed by atoms with E-state index in [1.807, 2.05) is 35.2 Å². The molecule has 34 heavy (non-hydrogen) atoms. The molecule has 1 spiro atoms. The van der Waals surface area contributed by atoms with Crippen molar-refractivity contribution in [3.8, 4) is 0 Å². The van der Waals surface area contributed by atoms with Gasteiger partial charge in [0.05, 0.1) is 30.8 Å². The molecule has 0 radical (unpaired) electrons. The van der Waals surface area contributed by atoms with Gasteiger partial charge in [-0.05, 0) is 24.3 Å². The highest BCUT2D eigenvalue weighted by molar-refractivity contribution is 5.95. The average Bonchev–Trinajstić information content (AvgIpc) is 3.13. The SMILES string of the molecule is CCOC(=O)C1CN(C(=O)c2cnn(Cc3ccccc3)c2)CC12CN(C(=O)[C@H]1CC1(C)C)C2. The molecule has 8 nitrogen and oxygen atoms in total. The highest BCUT2D eigenvalue weighted by Crippen LogP contribution is 2.54. The van der Waals surface area contributed by atoms with Crippen molar-refractivity contribution in [2.24, 2.45) is 22.7 Å². The molecule has 2 saturated heterocycles. The van der Waals surface area contributed by atoms with Gasteiger partial charge in [0.1, 0.15) is 0 Å². The Balaban J connectivity index is 1.28. The molecule has 3 aliphatic rings. The van der Waals surface area contributed by atoms with Gasteiger partial charge in [0, 0.05) is 43.7 Å². The second kappa shape index (κ2) is 8.25. The molecule has 1 unspecified atom stereocenters. The van der Waals surface area contributed by atoms with Gasteiger partial charge in [0.2, 0.25) is 5.91 Å². The maximum atomic E-state index is 13.3. The van der Waals surface area contributed by atoms with E-state index in [0.29, 0.717) is 44.9 Å². The Labute approximate surface area is 199 Å². The molecule has 2 aromatic rings. The van der Waals surface area contributed by atoms with Crippen molar-refractivity contribution in [2.45, 2.75) is 33.7 Å². The van der Waals surface area contributed by atoms with Gasteiger partial charge in [-0.2, -0.15) is 5.10 Å². The molecule has 2 amide bonds.